The van der Waals surface area contributed by atoms with Crippen molar-refractivity contribution >= 4 is 35.0 Å². The van der Waals surface area contributed by atoms with Crippen molar-refractivity contribution in [2.24, 2.45) is 0 Å². The lowest BCUT2D eigenvalue weighted by Gasteiger charge is -2.11. The van der Waals surface area contributed by atoms with E-state index in [4.69, 9.17) is 4.42 Å². The van der Waals surface area contributed by atoms with Crippen LogP contribution in [0.4, 0.5) is 11.4 Å². The smallest absolute Gasteiger partial charge is 0.277 e. The Hall–Kier alpha value is -3.91. The first-order valence-corrected chi connectivity index (χ1v) is 10.9. The summed E-state index contributed by atoms with van der Waals surface area (Å²) >= 11 is 1.13. The van der Waals surface area contributed by atoms with Crippen LogP contribution in [-0.4, -0.2) is 27.8 Å². The van der Waals surface area contributed by atoms with Gasteiger partial charge in [-0.2, -0.15) is 0 Å². The maximum absolute atomic E-state index is 12.7. The van der Waals surface area contributed by atoms with Crippen LogP contribution in [0.2, 0.25) is 0 Å². The van der Waals surface area contributed by atoms with Crippen LogP contribution in [0.5, 0.6) is 0 Å². The SMILES string of the molecule is Cc1cccc(NC(=O)c2ccccc2NC(=O)CSc2nnc(-c3ccccc3)o2)c1. The Bertz CT molecular complexity index is 1240. The summed E-state index contributed by atoms with van der Waals surface area (Å²) in [5, 5.41) is 13.9. The number of carbonyl (C=O) groups is 2. The first-order chi connectivity index (χ1) is 15.6. The van der Waals surface area contributed by atoms with Gasteiger partial charge in [0.25, 0.3) is 11.1 Å². The molecule has 0 saturated carbocycles. The van der Waals surface area contributed by atoms with Gasteiger partial charge in [0, 0.05) is 11.3 Å². The third kappa shape index (κ3) is 5.41. The first-order valence-electron chi connectivity index (χ1n) is 9.87. The highest BCUT2D eigenvalue weighted by atomic mass is 32.2. The lowest BCUT2D eigenvalue weighted by Crippen LogP contribution is -2.19. The topological polar surface area (TPSA) is 97.1 Å². The van der Waals surface area contributed by atoms with Crippen molar-refractivity contribution in [3.8, 4) is 11.5 Å². The molecule has 0 unspecified atom stereocenters. The van der Waals surface area contributed by atoms with Crippen molar-refractivity contribution in [1.82, 2.24) is 10.2 Å². The molecule has 8 heteroatoms. The lowest BCUT2D eigenvalue weighted by atomic mass is 10.1. The fourth-order valence-corrected chi connectivity index (χ4v) is 3.55. The zero-order valence-electron chi connectivity index (χ0n) is 17.2. The number of hydrogen-bond acceptors (Lipinski definition) is 6. The quantitative estimate of drug-likeness (QED) is 0.388. The Morgan fingerprint density at radius 3 is 2.50 bits per heavy atom. The number of anilines is 2. The summed E-state index contributed by atoms with van der Waals surface area (Å²) in [5.41, 5.74) is 3.34. The summed E-state index contributed by atoms with van der Waals surface area (Å²) in [6.07, 6.45) is 0. The molecule has 1 heterocycles. The number of carbonyl (C=O) groups excluding carboxylic acids is 2. The van der Waals surface area contributed by atoms with Gasteiger partial charge in [0.1, 0.15) is 0 Å². The number of nitrogens with one attached hydrogen (secondary N) is 2. The predicted molar refractivity (Wildman–Crippen MR) is 125 cm³/mol. The number of hydrogen-bond donors (Lipinski definition) is 2. The van der Waals surface area contributed by atoms with Gasteiger partial charge in [-0.15, -0.1) is 10.2 Å². The average molecular weight is 445 g/mol. The minimum atomic E-state index is -0.302. The zero-order chi connectivity index (χ0) is 22.3. The van der Waals surface area contributed by atoms with Gasteiger partial charge < -0.3 is 15.1 Å². The number of aromatic nitrogens is 2. The maximum Gasteiger partial charge on any atom is 0.277 e. The van der Waals surface area contributed by atoms with E-state index in [0.29, 0.717) is 28.1 Å². The van der Waals surface area contributed by atoms with E-state index in [0.717, 1.165) is 22.9 Å². The molecule has 0 aliphatic carbocycles. The van der Waals surface area contributed by atoms with E-state index >= 15 is 0 Å². The molecule has 32 heavy (non-hydrogen) atoms. The molecule has 1 aromatic heterocycles. The van der Waals surface area contributed by atoms with Gasteiger partial charge in [0.15, 0.2) is 0 Å². The first kappa shape index (κ1) is 21.3. The van der Waals surface area contributed by atoms with Crippen LogP contribution in [0.1, 0.15) is 15.9 Å². The van der Waals surface area contributed by atoms with E-state index in [2.05, 4.69) is 20.8 Å². The largest absolute Gasteiger partial charge is 0.411 e. The van der Waals surface area contributed by atoms with Gasteiger partial charge in [-0.3, -0.25) is 9.59 Å². The number of amides is 2. The minimum absolute atomic E-state index is 0.0598. The van der Waals surface area contributed by atoms with E-state index in [1.54, 1.807) is 24.3 Å². The molecule has 7 nitrogen and oxygen atoms in total. The van der Waals surface area contributed by atoms with Crippen LogP contribution < -0.4 is 10.6 Å². The molecule has 0 aliphatic rings. The molecule has 0 atom stereocenters. The molecular formula is C24H20N4O3S. The van der Waals surface area contributed by atoms with E-state index in [9.17, 15) is 9.59 Å². The van der Waals surface area contributed by atoms with Gasteiger partial charge >= 0.3 is 0 Å². The van der Waals surface area contributed by atoms with Crippen LogP contribution in [-0.2, 0) is 4.79 Å². The van der Waals surface area contributed by atoms with E-state index in [1.807, 2.05) is 61.5 Å². The highest BCUT2D eigenvalue weighted by Crippen LogP contribution is 2.24. The molecule has 2 amide bonds. The van der Waals surface area contributed by atoms with E-state index in [1.165, 1.54) is 0 Å². The summed E-state index contributed by atoms with van der Waals surface area (Å²) in [4.78, 5) is 25.2. The summed E-state index contributed by atoms with van der Waals surface area (Å²) in [6, 6.07) is 23.8. The Morgan fingerprint density at radius 1 is 0.906 bits per heavy atom. The molecule has 4 aromatic rings. The highest BCUT2D eigenvalue weighted by Gasteiger charge is 2.15. The average Bonchev–Trinajstić information content (AvgIpc) is 3.28. The molecule has 0 bridgehead atoms. The van der Waals surface area contributed by atoms with Crippen molar-refractivity contribution in [3.63, 3.8) is 0 Å². The molecule has 160 valence electrons. The second-order valence-corrected chi connectivity index (χ2v) is 7.87. The third-order valence-electron chi connectivity index (χ3n) is 4.48. The van der Waals surface area contributed by atoms with Crippen molar-refractivity contribution < 1.29 is 14.0 Å². The fraction of sp³-hybridized carbons (Fsp3) is 0.0833. The van der Waals surface area contributed by atoms with Crippen LogP contribution in [0.3, 0.4) is 0 Å². The van der Waals surface area contributed by atoms with Crippen molar-refractivity contribution in [3.05, 3.63) is 90.0 Å². The van der Waals surface area contributed by atoms with Gasteiger partial charge in [0.05, 0.1) is 17.0 Å². The van der Waals surface area contributed by atoms with E-state index < -0.39 is 0 Å². The molecule has 0 spiro atoms. The second-order valence-electron chi connectivity index (χ2n) is 6.95. The van der Waals surface area contributed by atoms with Gasteiger partial charge in [-0.25, -0.2) is 0 Å². The third-order valence-corrected chi connectivity index (χ3v) is 5.29. The van der Waals surface area contributed by atoms with Crippen LogP contribution in [0.25, 0.3) is 11.5 Å². The summed E-state index contributed by atoms with van der Waals surface area (Å²) < 4.78 is 5.60. The lowest BCUT2D eigenvalue weighted by molar-refractivity contribution is -0.113. The Balaban J connectivity index is 1.38. The van der Waals surface area contributed by atoms with Gasteiger partial charge in [0.2, 0.25) is 11.8 Å². The zero-order valence-corrected chi connectivity index (χ0v) is 18.1. The number of rotatable bonds is 7. The molecule has 0 aliphatic heterocycles. The number of benzene rings is 3. The summed E-state index contributed by atoms with van der Waals surface area (Å²) in [7, 11) is 0. The Kier molecular flexibility index (Phi) is 6.62. The normalized spacial score (nSPS) is 10.5. The molecule has 2 N–H and O–H groups in total. The fourth-order valence-electron chi connectivity index (χ4n) is 2.99. The summed E-state index contributed by atoms with van der Waals surface area (Å²) in [6.45, 7) is 1.95. The molecule has 4 rings (SSSR count). The minimum Gasteiger partial charge on any atom is -0.411 e. The van der Waals surface area contributed by atoms with Crippen LogP contribution in [0, 0.1) is 6.92 Å². The summed E-state index contributed by atoms with van der Waals surface area (Å²) in [5.74, 6) is -0.134. The van der Waals surface area contributed by atoms with E-state index in [-0.39, 0.29) is 17.6 Å². The maximum atomic E-state index is 12.7. The highest BCUT2D eigenvalue weighted by molar-refractivity contribution is 7.99. The Labute approximate surface area is 189 Å². The van der Waals surface area contributed by atoms with Crippen molar-refractivity contribution in [1.29, 1.82) is 0 Å². The number of para-hydroxylation sites is 1. The molecular weight excluding hydrogens is 424 g/mol. The Morgan fingerprint density at radius 2 is 1.69 bits per heavy atom. The number of thioether (sulfide) groups is 1. The van der Waals surface area contributed by atoms with Gasteiger partial charge in [-0.1, -0.05) is 54.2 Å². The standard InChI is InChI=1S/C24H20N4O3S/c1-16-8-7-11-18(14-16)25-22(30)19-12-5-6-13-20(19)26-21(29)15-32-24-28-27-23(31-24)17-9-3-2-4-10-17/h2-14H,15H2,1H3,(H,25,30)(H,26,29). The van der Waals surface area contributed by atoms with Crippen LogP contribution >= 0.6 is 11.8 Å². The van der Waals surface area contributed by atoms with Gasteiger partial charge in [-0.05, 0) is 48.9 Å². The monoisotopic (exact) mass is 444 g/mol. The van der Waals surface area contributed by atoms with Crippen molar-refractivity contribution in [2.75, 3.05) is 16.4 Å². The molecule has 0 saturated heterocycles. The predicted octanol–water partition coefficient (Wildman–Crippen LogP) is 5.03. The van der Waals surface area contributed by atoms with Crippen molar-refractivity contribution in [2.45, 2.75) is 12.1 Å². The number of nitrogens with zero attached hydrogens (tertiary/aromatic N) is 2. The molecule has 0 radical (unpaired) electrons. The molecule has 0 fully saturated rings. The molecule has 3 aromatic carbocycles. The second kappa shape index (κ2) is 9.93. The van der Waals surface area contributed by atoms with Crippen LogP contribution in [0.15, 0.2) is 88.5 Å². The number of aryl methyl sites for hydroxylation is 1.